The minimum absolute atomic E-state index is 0.168. The van der Waals surface area contributed by atoms with Gasteiger partial charge in [0.1, 0.15) is 24.0 Å². The first-order chi connectivity index (χ1) is 12.8. The number of amidine groups is 1. The molecular formula is C18H14F3N6+. The molecule has 2 aromatic heterocycles. The van der Waals surface area contributed by atoms with Gasteiger partial charge in [-0.05, 0) is 25.1 Å². The van der Waals surface area contributed by atoms with Gasteiger partial charge in [-0.3, -0.25) is 0 Å². The number of pyridine rings is 1. The summed E-state index contributed by atoms with van der Waals surface area (Å²) in [5, 5.41) is 0. The van der Waals surface area contributed by atoms with Gasteiger partial charge in [0.2, 0.25) is 5.82 Å². The number of nitrogen functional groups attached to an aromatic ring is 1. The predicted octanol–water partition coefficient (Wildman–Crippen LogP) is 3.58. The number of halogens is 3. The molecule has 4 rings (SSSR count). The lowest BCUT2D eigenvalue weighted by molar-refractivity contribution is -0.141. The second kappa shape index (κ2) is 5.85. The second-order valence-corrected chi connectivity index (χ2v) is 6.05. The van der Waals surface area contributed by atoms with E-state index in [2.05, 4.69) is 19.9 Å². The first kappa shape index (κ1) is 17.1. The van der Waals surface area contributed by atoms with E-state index in [4.69, 9.17) is 5.73 Å². The maximum absolute atomic E-state index is 13.1. The standard InChI is InChI=1S/C18H14F3N6/c1-11-24-13(10-15(22)25-11)12-4-3-8-27(9-7-23-17(12)27)16-6-2-5-14(26-16)18(19,20)21/h2-10H,1H3,(H2,22,24,25)/q+1. The third-order valence-corrected chi connectivity index (χ3v) is 4.21. The maximum atomic E-state index is 13.1. The van der Waals surface area contributed by atoms with Gasteiger partial charge in [-0.2, -0.15) is 27.6 Å². The molecule has 2 aliphatic rings. The van der Waals surface area contributed by atoms with E-state index in [1.54, 1.807) is 37.5 Å². The van der Waals surface area contributed by atoms with E-state index in [9.17, 15) is 13.2 Å². The summed E-state index contributed by atoms with van der Waals surface area (Å²) in [7, 11) is 0. The number of alkyl halides is 3. The molecular weight excluding hydrogens is 357 g/mol. The number of rotatable bonds is 2. The van der Waals surface area contributed by atoms with Crippen molar-refractivity contribution >= 4 is 23.0 Å². The number of allylic oxidation sites excluding steroid dienone is 2. The number of fused-ring (bicyclic) bond motifs is 1. The summed E-state index contributed by atoms with van der Waals surface area (Å²) in [5.74, 6) is 1.46. The van der Waals surface area contributed by atoms with Crippen LogP contribution in [0.5, 0.6) is 0 Å². The monoisotopic (exact) mass is 371 g/mol. The van der Waals surface area contributed by atoms with Gasteiger partial charge in [0.05, 0.1) is 17.5 Å². The van der Waals surface area contributed by atoms with Crippen LogP contribution in [0.2, 0.25) is 0 Å². The molecule has 1 unspecified atom stereocenters. The fourth-order valence-electron chi connectivity index (χ4n) is 3.09. The SMILES string of the molecule is Cc1nc(N)cc(C2=CC=C[N+]3(c4cccc(C(F)(F)F)n4)C=CN=C23)n1. The molecule has 6 nitrogen and oxygen atoms in total. The quantitative estimate of drug-likeness (QED) is 0.819. The Morgan fingerprint density at radius 3 is 2.63 bits per heavy atom. The van der Waals surface area contributed by atoms with Crippen molar-refractivity contribution in [3.63, 3.8) is 0 Å². The van der Waals surface area contributed by atoms with E-state index in [0.717, 1.165) is 6.07 Å². The van der Waals surface area contributed by atoms with Crippen molar-refractivity contribution in [3.8, 4) is 0 Å². The summed E-state index contributed by atoms with van der Waals surface area (Å²) in [6.45, 7) is 1.71. The highest BCUT2D eigenvalue weighted by molar-refractivity contribution is 6.29. The largest absolute Gasteiger partial charge is 0.433 e. The van der Waals surface area contributed by atoms with Crippen LogP contribution in [0.4, 0.5) is 24.8 Å². The topological polar surface area (TPSA) is 77.0 Å². The van der Waals surface area contributed by atoms with Gasteiger partial charge in [-0.25, -0.2) is 9.97 Å². The zero-order chi connectivity index (χ0) is 19.2. The van der Waals surface area contributed by atoms with Crippen LogP contribution < -0.4 is 10.2 Å². The Morgan fingerprint density at radius 2 is 1.89 bits per heavy atom. The van der Waals surface area contributed by atoms with Crippen molar-refractivity contribution in [3.05, 3.63) is 72.2 Å². The molecule has 1 atom stereocenters. The fourth-order valence-corrected chi connectivity index (χ4v) is 3.09. The van der Waals surface area contributed by atoms with Crippen molar-refractivity contribution in [1.29, 1.82) is 0 Å². The van der Waals surface area contributed by atoms with Crippen LogP contribution in [0.25, 0.3) is 5.57 Å². The average molecular weight is 371 g/mol. The maximum Gasteiger partial charge on any atom is 0.433 e. The zero-order valence-corrected chi connectivity index (χ0v) is 14.1. The Hall–Kier alpha value is -3.33. The smallest absolute Gasteiger partial charge is 0.384 e. The van der Waals surface area contributed by atoms with E-state index in [-0.39, 0.29) is 10.3 Å². The van der Waals surface area contributed by atoms with Gasteiger partial charge in [-0.15, -0.1) is 0 Å². The molecule has 0 fully saturated rings. The lowest BCUT2D eigenvalue weighted by atomic mass is 10.1. The van der Waals surface area contributed by atoms with E-state index in [1.165, 1.54) is 18.3 Å². The number of aromatic nitrogens is 3. The Balaban J connectivity index is 1.84. The summed E-state index contributed by atoms with van der Waals surface area (Å²) in [4.78, 5) is 16.7. The van der Waals surface area contributed by atoms with Gasteiger partial charge in [0.15, 0.2) is 5.69 Å². The van der Waals surface area contributed by atoms with Gasteiger partial charge in [-0.1, -0.05) is 6.07 Å². The number of hydrogen-bond donors (Lipinski definition) is 1. The summed E-state index contributed by atoms with van der Waals surface area (Å²) >= 11 is 0. The third kappa shape index (κ3) is 2.81. The number of hydrogen-bond acceptors (Lipinski definition) is 5. The minimum atomic E-state index is -4.54. The first-order valence-electron chi connectivity index (χ1n) is 8.00. The minimum Gasteiger partial charge on any atom is -0.384 e. The number of aliphatic imine (C=N–C) groups is 1. The van der Waals surface area contributed by atoms with Crippen LogP contribution in [0.1, 0.15) is 17.2 Å². The van der Waals surface area contributed by atoms with Crippen LogP contribution in [0, 0.1) is 6.92 Å². The Kier molecular flexibility index (Phi) is 3.70. The number of quaternary nitrogens is 1. The predicted molar refractivity (Wildman–Crippen MR) is 95.9 cm³/mol. The van der Waals surface area contributed by atoms with Crippen LogP contribution in [0.3, 0.4) is 0 Å². The number of anilines is 1. The number of aryl methyl sites for hydroxylation is 1. The van der Waals surface area contributed by atoms with Crippen LogP contribution in [-0.4, -0.2) is 20.8 Å². The zero-order valence-electron chi connectivity index (χ0n) is 14.1. The molecule has 0 amide bonds. The second-order valence-electron chi connectivity index (χ2n) is 6.05. The van der Waals surface area contributed by atoms with E-state index >= 15 is 0 Å². The van der Waals surface area contributed by atoms with E-state index in [1.807, 2.05) is 0 Å². The molecule has 2 N–H and O–H groups in total. The van der Waals surface area contributed by atoms with E-state index < -0.39 is 11.9 Å². The molecule has 2 aromatic rings. The molecule has 0 aliphatic carbocycles. The molecule has 9 heteroatoms. The van der Waals surface area contributed by atoms with Crippen LogP contribution >= 0.6 is 0 Å². The molecule has 2 aliphatic heterocycles. The summed E-state index contributed by atoms with van der Waals surface area (Å²) in [6.07, 6.45) is 3.91. The van der Waals surface area contributed by atoms with Crippen molar-refractivity contribution in [2.24, 2.45) is 4.99 Å². The fraction of sp³-hybridized carbons (Fsp3) is 0.111. The lowest BCUT2D eigenvalue weighted by Crippen LogP contribution is -2.45. The number of nitrogens with zero attached hydrogens (tertiary/aromatic N) is 5. The number of nitrogens with two attached hydrogens (primary N) is 1. The molecule has 0 bridgehead atoms. The van der Waals surface area contributed by atoms with Crippen molar-refractivity contribution in [1.82, 2.24) is 19.4 Å². The van der Waals surface area contributed by atoms with Crippen molar-refractivity contribution < 1.29 is 13.2 Å². The lowest BCUT2D eigenvalue weighted by Gasteiger charge is -2.29. The van der Waals surface area contributed by atoms with Gasteiger partial charge < -0.3 is 5.73 Å². The summed E-state index contributed by atoms with van der Waals surface area (Å²) in [6, 6.07) is 5.41. The Bertz CT molecular complexity index is 1030. The third-order valence-electron chi connectivity index (χ3n) is 4.21. The van der Waals surface area contributed by atoms with Gasteiger partial charge in [0.25, 0.3) is 5.84 Å². The van der Waals surface area contributed by atoms with Crippen LogP contribution in [0.15, 0.2) is 60.0 Å². The normalized spacial score (nSPS) is 21.0. The molecule has 0 spiro atoms. The van der Waals surface area contributed by atoms with Gasteiger partial charge >= 0.3 is 6.18 Å². The van der Waals surface area contributed by atoms with E-state index in [0.29, 0.717) is 28.7 Å². The highest BCUT2D eigenvalue weighted by Gasteiger charge is 2.44. The highest BCUT2D eigenvalue weighted by Crippen LogP contribution is 2.37. The molecule has 27 heavy (non-hydrogen) atoms. The molecule has 136 valence electrons. The average Bonchev–Trinajstić information content (AvgIpc) is 3.05. The Morgan fingerprint density at radius 1 is 1.07 bits per heavy atom. The Labute approximate surface area is 152 Å². The molecule has 0 saturated heterocycles. The summed E-state index contributed by atoms with van der Waals surface area (Å²) < 4.78 is 39.2. The molecule has 4 heterocycles. The molecule has 0 radical (unpaired) electrons. The molecule has 0 saturated carbocycles. The van der Waals surface area contributed by atoms with Crippen molar-refractivity contribution in [2.45, 2.75) is 13.1 Å². The van der Waals surface area contributed by atoms with Crippen molar-refractivity contribution in [2.75, 3.05) is 5.73 Å². The highest BCUT2D eigenvalue weighted by atomic mass is 19.4. The first-order valence-corrected chi connectivity index (χ1v) is 8.00. The summed E-state index contributed by atoms with van der Waals surface area (Å²) in [5.41, 5.74) is 6.04. The van der Waals surface area contributed by atoms with Gasteiger partial charge in [0, 0.05) is 12.1 Å². The molecule has 0 aromatic carbocycles. The van der Waals surface area contributed by atoms with Crippen LogP contribution in [-0.2, 0) is 6.18 Å².